The number of nitrogen functional groups attached to an aromatic ring is 1. The molecule has 0 unspecified atom stereocenters. The van der Waals surface area contributed by atoms with Crippen LogP contribution in [0.25, 0.3) is 0 Å². The lowest BCUT2D eigenvalue weighted by atomic mass is 9.81. The summed E-state index contributed by atoms with van der Waals surface area (Å²) in [4.78, 5) is 0. The van der Waals surface area contributed by atoms with Crippen molar-refractivity contribution < 1.29 is 0 Å². The number of rotatable bonds is 2. The van der Waals surface area contributed by atoms with Crippen LogP contribution in [0.15, 0.2) is 18.2 Å². The standard InChI is InChI=1S/C14H22N2/c1-10-8-11(6-7-13(10)15)9-12-4-2-3-5-14(12)16/h6-8,12,14H,2-5,9,15-16H2,1H3/t12-,14-/m1/s1. The predicted octanol–water partition coefficient (Wildman–Crippen LogP) is 2.64. The summed E-state index contributed by atoms with van der Waals surface area (Å²) >= 11 is 0. The highest BCUT2D eigenvalue weighted by Crippen LogP contribution is 2.27. The summed E-state index contributed by atoms with van der Waals surface area (Å²) in [5.41, 5.74) is 15.4. The van der Waals surface area contributed by atoms with Crippen LogP contribution < -0.4 is 11.5 Å². The van der Waals surface area contributed by atoms with Gasteiger partial charge in [0.25, 0.3) is 0 Å². The van der Waals surface area contributed by atoms with Crippen molar-refractivity contribution in [2.45, 2.75) is 45.1 Å². The summed E-state index contributed by atoms with van der Waals surface area (Å²) in [5, 5.41) is 0. The third kappa shape index (κ3) is 2.56. The Kier molecular flexibility index (Phi) is 3.49. The van der Waals surface area contributed by atoms with Gasteiger partial charge >= 0.3 is 0 Å². The first-order valence-corrected chi connectivity index (χ1v) is 6.27. The average molecular weight is 218 g/mol. The van der Waals surface area contributed by atoms with Crippen LogP contribution in [0, 0.1) is 12.8 Å². The predicted molar refractivity (Wildman–Crippen MR) is 69.2 cm³/mol. The topological polar surface area (TPSA) is 52.0 Å². The quantitative estimate of drug-likeness (QED) is 0.750. The molecule has 1 aromatic carbocycles. The van der Waals surface area contributed by atoms with E-state index in [2.05, 4.69) is 19.1 Å². The summed E-state index contributed by atoms with van der Waals surface area (Å²) < 4.78 is 0. The lowest BCUT2D eigenvalue weighted by Gasteiger charge is -2.28. The fourth-order valence-electron chi connectivity index (χ4n) is 2.66. The summed E-state index contributed by atoms with van der Waals surface area (Å²) in [6, 6.07) is 6.76. The highest BCUT2D eigenvalue weighted by molar-refractivity contribution is 5.47. The number of anilines is 1. The summed E-state index contributed by atoms with van der Waals surface area (Å²) in [6.45, 7) is 2.07. The number of benzene rings is 1. The Balaban J connectivity index is 2.05. The van der Waals surface area contributed by atoms with Crippen LogP contribution in [0.4, 0.5) is 5.69 Å². The molecule has 0 heterocycles. The van der Waals surface area contributed by atoms with E-state index in [9.17, 15) is 0 Å². The first-order chi connectivity index (χ1) is 7.66. The Bertz CT molecular complexity index is 360. The number of hydrogen-bond acceptors (Lipinski definition) is 2. The Hall–Kier alpha value is -1.02. The second-order valence-corrected chi connectivity index (χ2v) is 5.10. The van der Waals surface area contributed by atoms with Crippen LogP contribution in [0.5, 0.6) is 0 Å². The molecule has 4 N–H and O–H groups in total. The second-order valence-electron chi connectivity index (χ2n) is 5.10. The van der Waals surface area contributed by atoms with Gasteiger partial charge in [-0.3, -0.25) is 0 Å². The molecule has 0 aromatic heterocycles. The van der Waals surface area contributed by atoms with Crippen molar-refractivity contribution in [1.82, 2.24) is 0 Å². The van der Waals surface area contributed by atoms with Gasteiger partial charge < -0.3 is 11.5 Å². The first-order valence-electron chi connectivity index (χ1n) is 6.27. The van der Waals surface area contributed by atoms with E-state index in [0.29, 0.717) is 12.0 Å². The van der Waals surface area contributed by atoms with Crippen LogP contribution in [-0.4, -0.2) is 6.04 Å². The highest BCUT2D eigenvalue weighted by Gasteiger charge is 2.21. The van der Waals surface area contributed by atoms with Crippen LogP contribution in [-0.2, 0) is 6.42 Å². The molecular formula is C14H22N2. The third-order valence-corrected chi connectivity index (χ3v) is 3.80. The first kappa shape index (κ1) is 11.5. The SMILES string of the molecule is Cc1cc(C[C@H]2CCCC[C@H]2N)ccc1N. The van der Waals surface area contributed by atoms with Crippen molar-refractivity contribution >= 4 is 5.69 Å². The largest absolute Gasteiger partial charge is 0.399 e. The molecule has 1 aliphatic carbocycles. The van der Waals surface area contributed by atoms with Gasteiger partial charge in [0.1, 0.15) is 0 Å². The Morgan fingerprint density at radius 2 is 2.00 bits per heavy atom. The van der Waals surface area contributed by atoms with Crippen molar-refractivity contribution in [3.05, 3.63) is 29.3 Å². The number of aryl methyl sites for hydroxylation is 1. The molecule has 2 atom stereocenters. The minimum atomic E-state index is 0.395. The van der Waals surface area contributed by atoms with Gasteiger partial charge in [-0.25, -0.2) is 0 Å². The van der Waals surface area contributed by atoms with E-state index in [1.165, 1.54) is 36.8 Å². The zero-order chi connectivity index (χ0) is 11.5. The van der Waals surface area contributed by atoms with Crippen LogP contribution in [0.3, 0.4) is 0 Å². The van der Waals surface area contributed by atoms with Gasteiger partial charge in [-0.1, -0.05) is 25.0 Å². The lowest BCUT2D eigenvalue weighted by molar-refractivity contribution is 0.306. The molecule has 88 valence electrons. The van der Waals surface area contributed by atoms with E-state index in [0.717, 1.165) is 12.1 Å². The fraction of sp³-hybridized carbons (Fsp3) is 0.571. The number of hydrogen-bond donors (Lipinski definition) is 2. The molecule has 0 radical (unpaired) electrons. The zero-order valence-electron chi connectivity index (χ0n) is 10.1. The van der Waals surface area contributed by atoms with Crippen molar-refractivity contribution in [2.75, 3.05) is 5.73 Å². The van der Waals surface area contributed by atoms with E-state index in [1.54, 1.807) is 0 Å². The van der Waals surface area contributed by atoms with Crippen molar-refractivity contribution in [3.8, 4) is 0 Å². The van der Waals surface area contributed by atoms with Gasteiger partial charge in [-0.2, -0.15) is 0 Å². The fourth-order valence-corrected chi connectivity index (χ4v) is 2.66. The number of nitrogens with two attached hydrogens (primary N) is 2. The molecule has 2 rings (SSSR count). The summed E-state index contributed by atoms with van der Waals surface area (Å²) in [6.07, 6.45) is 6.23. The molecule has 16 heavy (non-hydrogen) atoms. The summed E-state index contributed by atoms with van der Waals surface area (Å²) in [5.74, 6) is 0.664. The van der Waals surface area contributed by atoms with Crippen LogP contribution in [0.1, 0.15) is 36.8 Å². The molecule has 0 bridgehead atoms. The third-order valence-electron chi connectivity index (χ3n) is 3.80. The summed E-state index contributed by atoms with van der Waals surface area (Å²) in [7, 11) is 0. The maximum atomic E-state index is 6.17. The average Bonchev–Trinajstić information content (AvgIpc) is 2.27. The van der Waals surface area contributed by atoms with Crippen molar-refractivity contribution in [1.29, 1.82) is 0 Å². The molecule has 1 fully saturated rings. The van der Waals surface area contributed by atoms with Gasteiger partial charge in [0.05, 0.1) is 0 Å². The molecule has 1 saturated carbocycles. The molecular weight excluding hydrogens is 196 g/mol. The maximum Gasteiger partial charge on any atom is 0.0343 e. The van der Waals surface area contributed by atoms with Crippen molar-refractivity contribution in [2.24, 2.45) is 11.7 Å². The minimum Gasteiger partial charge on any atom is -0.399 e. The van der Waals surface area contributed by atoms with E-state index in [1.807, 2.05) is 6.07 Å². The lowest BCUT2D eigenvalue weighted by Crippen LogP contribution is -2.34. The molecule has 1 aliphatic rings. The van der Waals surface area contributed by atoms with Crippen LogP contribution >= 0.6 is 0 Å². The maximum absolute atomic E-state index is 6.17. The normalized spacial score (nSPS) is 25.6. The Labute approximate surface area is 98.0 Å². The smallest absolute Gasteiger partial charge is 0.0343 e. The van der Waals surface area contributed by atoms with Gasteiger partial charge in [0.2, 0.25) is 0 Å². The minimum absolute atomic E-state index is 0.395. The second kappa shape index (κ2) is 4.88. The zero-order valence-corrected chi connectivity index (χ0v) is 10.1. The van der Waals surface area contributed by atoms with Gasteiger partial charge in [0.15, 0.2) is 0 Å². The van der Waals surface area contributed by atoms with Crippen LogP contribution in [0.2, 0.25) is 0 Å². The molecule has 1 aromatic rings. The molecule has 0 aliphatic heterocycles. The van der Waals surface area contributed by atoms with E-state index in [-0.39, 0.29) is 0 Å². The van der Waals surface area contributed by atoms with E-state index in [4.69, 9.17) is 11.5 Å². The monoisotopic (exact) mass is 218 g/mol. The molecule has 2 nitrogen and oxygen atoms in total. The van der Waals surface area contributed by atoms with Gasteiger partial charge in [-0.15, -0.1) is 0 Å². The van der Waals surface area contributed by atoms with E-state index >= 15 is 0 Å². The highest BCUT2D eigenvalue weighted by atomic mass is 14.7. The molecule has 2 heteroatoms. The molecule has 0 spiro atoms. The molecule has 0 amide bonds. The van der Waals surface area contributed by atoms with Gasteiger partial charge in [-0.05, 0) is 49.3 Å². The van der Waals surface area contributed by atoms with Gasteiger partial charge in [0, 0.05) is 11.7 Å². The van der Waals surface area contributed by atoms with E-state index < -0.39 is 0 Å². The van der Waals surface area contributed by atoms with Crippen molar-refractivity contribution in [3.63, 3.8) is 0 Å². The Morgan fingerprint density at radius 1 is 1.25 bits per heavy atom. The molecule has 0 saturated heterocycles. The Morgan fingerprint density at radius 3 is 2.69 bits per heavy atom.